The van der Waals surface area contributed by atoms with Crippen LogP contribution in [0.1, 0.15) is 59.6 Å². The first-order valence-corrected chi connectivity index (χ1v) is 8.78. The highest BCUT2D eigenvalue weighted by molar-refractivity contribution is 7.12. The molecule has 1 heterocycles. The van der Waals surface area contributed by atoms with Crippen LogP contribution in [0.5, 0.6) is 0 Å². The SMILES string of the molecule is Cc1cc(C(=O)O[C@H](C)C(=O)N[C@H]2CCCC[C@@H]2C)c(C)s1. The Hall–Kier alpha value is -1.36. The van der Waals surface area contributed by atoms with Gasteiger partial charge in [0.25, 0.3) is 5.91 Å². The molecule has 4 nitrogen and oxygen atoms in total. The summed E-state index contributed by atoms with van der Waals surface area (Å²) in [7, 11) is 0. The van der Waals surface area contributed by atoms with Crippen LogP contribution in [0.3, 0.4) is 0 Å². The molecule has 1 aliphatic rings. The van der Waals surface area contributed by atoms with Gasteiger partial charge in [0.1, 0.15) is 0 Å². The molecule has 0 bridgehead atoms. The Labute approximate surface area is 136 Å². The van der Waals surface area contributed by atoms with Crippen molar-refractivity contribution in [1.29, 1.82) is 0 Å². The van der Waals surface area contributed by atoms with Crippen LogP contribution in [0, 0.1) is 19.8 Å². The molecule has 0 spiro atoms. The number of ether oxygens (including phenoxy) is 1. The number of amides is 1. The van der Waals surface area contributed by atoms with Crippen LogP contribution < -0.4 is 5.32 Å². The van der Waals surface area contributed by atoms with Crippen LogP contribution in [0.4, 0.5) is 0 Å². The standard InChI is InChI=1S/C17H25NO3S/c1-10-7-5-6-8-15(10)18-16(19)12(3)21-17(20)14-9-11(2)22-13(14)4/h9-10,12,15H,5-8H2,1-4H3,(H,18,19)/t10-,12+,15-/m0/s1. The number of thiophene rings is 1. The summed E-state index contributed by atoms with van der Waals surface area (Å²) < 4.78 is 5.32. The first kappa shape index (κ1) is 17.0. The Kier molecular flexibility index (Phi) is 5.62. The molecule has 1 amide bonds. The molecule has 0 aliphatic heterocycles. The van der Waals surface area contributed by atoms with Crippen LogP contribution >= 0.6 is 11.3 Å². The molecule has 1 aromatic heterocycles. The van der Waals surface area contributed by atoms with Gasteiger partial charge in [0, 0.05) is 15.8 Å². The number of nitrogens with one attached hydrogen (secondary N) is 1. The molecule has 0 saturated heterocycles. The Morgan fingerprint density at radius 1 is 1.32 bits per heavy atom. The second-order valence-electron chi connectivity index (χ2n) is 6.25. The minimum absolute atomic E-state index is 0.197. The topological polar surface area (TPSA) is 55.4 Å². The van der Waals surface area contributed by atoms with Crippen molar-refractivity contribution in [2.24, 2.45) is 5.92 Å². The summed E-state index contributed by atoms with van der Waals surface area (Å²) in [4.78, 5) is 26.4. The highest BCUT2D eigenvalue weighted by Crippen LogP contribution is 2.24. The minimum Gasteiger partial charge on any atom is -0.449 e. The molecule has 1 saturated carbocycles. The lowest BCUT2D eigenvalue weighted by Crippen LogP contribution is -2.46. The Morgan fingerprint density at radius 3 is 2.59 bits per heavy atom. The molecule has 1 aromatic rings. The molecule has 122 valence electrons. The summed E-state index contributed by atoms with van der Waals surface area (Å²) in [5, 5.41) is 3.03. The summed E-state index contributed by atoms with van der Waals surface area (Å²) in [5.41, 5.74) is 0.563. The van der Waals surface area contributed by atoms with Gasteiger partial charge in [0.05, 0.1) is 5.56 Å². The molecule has 22 heavy (non-hydrogen) atoms. The third-order valence-electron chi connectivity index (χ3n) is 4.35. The zero-order valence-corrected chi connectivity index (χ0v) is 14.6. The lowest BCUT2D eigenvalue weighted by molar-refractivity contribution is -0.130. The Bertz CT molecular complexity index is 552. The summed E-state index contributed by atoms with van der Waals surface area (Å²) >= 11 is 1.56. The normalized spacial score (nSPS) is 22.9. The second-order valence-corrected chi connectivity index (χ2v) is 7.71. The molecular formula is C17H25NO3S. The van der Waals surface area contributed by atoms with E-state index >= 15 is 0 Å². The highest BCUT2D eigenvalue weighted by Gasteiger charge is 2.27. The molecule has 5 heteroatoms. The van der Waals surface area contributed by atoms with E-state index in [9.17, 15) is 9.59 Å². The van der Waals surface area contributed by atoms with Crippen molar-refractivity contribution in [1.82, 2.24) is 5.32 Å². The van der Waals surface area contributed by atoms with E-state index in [1.807, 2.05) is 19.9 Å². The maximum atomic E-state index is 12.2. The van der Waals surface area contributed by atoms with Gasteiger partial charge in [-0.2, -0.15) is 0 Å². The average Bonchev–Trinajstić information content (AvgIpc) is 2.80. The lowest BCUT2D eigenvalue weighted by atomic mass is 9.86. The molecule has 1 N–H and O–H groups in total. The maximum absolute atomic E-state index is 12.2. The van der Waals surface area contributed by atoms with Gasteiger partial charge >= 0.3 is 5.97 Å². The smallest absolute Gasteiger partial charge is 0.340 e. The highest BCUT2D eigenvalue weighted by atomic mass is 32.1. The fourth-order valence-corrected chi connectivity index (χ4v) is 3.85. The van der Waals surface area contributed by atoms with Gasteiger partial charge in [-0.15, -0.1) is 11.3 Å². The predicted octanol–water partition coefficient (Wildman–Crippen LogP) is 3.61. The Morgan fingerprint density at radius 2 is 2.00 bits per heavy atom. The predicted molar refractivity (Wildman–Crippen MR) is 88.2 cm³/mol. The molecule has 3 atom stereocenters. The van der Waals surface area contributed by atoms with E-state index in [1.54, 1.807) is 18.3 Å². The second kappa shape index (κ2) is 7.27. The summed E-state index contributed by atoms with van der Waals surface area (Å²) in [5.74, 6) is -0.125. The maximum Gasteiger partial charge on any atom is 0.340 e. The minimum atomic E-state index is -0.763. The summed E-state index contributed by atoms with van der Waals surface area (Å²) in [6, 6.07) is 2.02. The van der Waals surface area contributed by atoms with Crippen molar-refractivity contribution < 1.29 is 14.3 Å². The van der Waals surface area contributed by atoms with Gasteiger partial charge in [0.2, 0.25) is 0 Å². The van der Waals surface area contributed by atoms with E-state index in [2.05, 4.69) is 12.2 Å². The average molecular weight is 323 g/mol. The van der Waals surface area contributed by atoms with E-state index < -0.39 is 12.1 Å². The number of hydrogen-bond acceptors (Lipinski definition) is 4. The monoisotopic (exact) mass is 323 g/mol. The van der Waals surface area contributed by atoms with Crippen molar-refractivity contribution in [2.75, 3.05) is 0 Å². The van der Waals surface area contributed by atoms with Crippen LogP contribution in [-0.4, -0.2) is 24.0 Å². The van der Waals surface area contributed by atoms with Crippen molar-refractivity contribution in [3.8, 4) is 0 Å². The first-order chi connectivity index (χ1) is 10.4. The van der Waals surface area contributed by atoms with Gasteiger partial charge in [-0.1, -0.05) is 19.8 Å². The third kappa shape index (κ3) is 4.09. The van der Waals surface area contributed by atoms with Crippen molar-refractivity contribution in [3.05, 3.63) is 21.4 Å². The zero-order valence-electron chi connectivity index (χ0n) is 13.8. The van der Waals surface area contributed by atoms with E-state index in [1.165, 1.54) is 6.42 Å². The number of aryl methyl sites for hydroxylation is 2. The number of carbonyl (C=O) groups is 2. The lowest BCUT2D eigenvalue weighted by Gasteiger charge is -2.30. The summed E-state index contributed by atoms with van der Waals surface area (Å²) in [6.07, 6.45) is 3.77. The van der Waals surface area contributed by atoms with E-state index in [-0.39, 0.29) is 11.9 Å². The number of rotatable bonds is 4. The number of carbonyl (C=O) groups excluding carboxylic acids is 2. The fraction of sp³-hybridized carbons (Fsp3) is 0.647. The van der Waals surface area contributed by atoms with Crippen LogP contribution in [-0.2, 0) is 9.53 Å². The Balaban J connectivity index is 1.90. The van der Waals surface area contributed by atoms with E-state index in [0.29, 0.717) is 11.5 Å². The quantitative estimate of drug-likeness (QED) is 0.861. The summed E-state index contributed by atoms with van der Waals surface area (Å²) in [6.45, 7) is 7.64. The van der Waals surface area contributed by atoms with Gasteiger partial charge in [-0.25, -0.2) is 4.79 Å². The molecule has 0 radical (unpaired) electrons. The van der Waals surface area contributed by atoms with Gasteiger partial charge in [-0.3, -0.25) is 4.79 Å². The molecule has 2 rings (SSSR count). The molecule has 0 aromatic carbocycles. The van der Waals surface area contributed by atoms with Gasteiger partial charge < -0.3 is 10.1 Å². The van der Waals surface area contributed by atoms with Gasteiger partial charge in [0.15, 0.2) is 6.10 Å². The molecular weight excluding hydrogens is 298 g/mol. The fourth-order valence-electron chi connectivity index (χ4n) is 2.94. The van der Waals surface area contributed by atoms with E-state index in [0.717, 1.165) is 29.0 Å². The molecule has 0 unspecified atom stereocenters. The van der Waals surface area contributed by atoms with Crippen molar-refractivity contribution in [3.63, 3.8) is 0 Å². The van der Waals surface area contributed by atoms with Crippen molar-refractivity contribution >= 4 is 23.2 Å². The van der Waals surface area contributed by atoms with Crippen LogP contribution in [0.25, 0.3) is 0 Å². The molecule has 1 fully saturated rings. The van der Waals surface area contributed by atoms with Gasteiger partial charge in [-0.05, 0) is 45.6 Å². The van der Waals surface area contributed by atoms with Crippen LogP contribution in [0.15, 0.2) is 6.07 Å². The van der Waals surface area contributed by atoms with Crippen LogP contribution in [0.2, 0.25) is 0 Å². The van der Waals surface area contributed by atoms with Crippen molar-refractivity contribution in [2.45, 2.75) is 65.5 Å². The third-order valence-corrected chi connectivity index (χ3v) is 5.32. The largest absolute Gasteiger partial charge is 0.449 e. The zero-order chi connectivity index (χ0) is 16.3. The number of esters is 1. The number of hydrogen-bond donors (Lipinski definition) is 1. The molecule has 1 aliphatic carbocycles. The van der Waals surface area contributed by atoms with E-state index in [4.69, 9.17) is 4.74 Å². The first-order valence-electron chi connectivity index (χ1n) is 7.97.